The molecule has 1 amide bonds. The van der Waals surface area contributed by atoms with E-state index in [-0.39, 0.29) is 6.09 Å². The first kappa shape index (κ1) is 17.7. The monoisotopic (exact) mass is 301 g/mol. The lowest BCUT2D eigenvalue weighted by molar-refractivity contribution is 0.140. The van der Waals surface area contributed by atoms with E-state index in [2.05, 4.69) is 5.32 Å². The van der Waals surface area contributed by atoms with Gasteiger partial charge in [0.05, 0.1) is 0 Å². The van der Waals surface area contributed by atoms with Gasteiger partial charge in [0.25, 0.3) is 0 Å². The van der Waals surface area contributed by atoms with Crippen LogP contribution in [0, 0.1) is 0 Å². The molecule has 0 aromatic heterocycles. The fourth-order valence-electron chi connectivity index (χ4n) is 1.73. The summed E-state index contributed by atoms with van der Waals surface area (Å²) in [5.74, 6) is 0. The largest absolute Gasteiger partial charge is 0.445 e. The average molecular weight is 301 g/mol. The number of carbonyl (C=O) groups excluding carboxylic acids is 1. The predicted octanol–water partition coefficient (Wildman–Crippen LogP) is 1.39. The van der Waals surface area contributed by atoms with Gasteiger partial charge in [-0.25, -0.2) is 4.79 Å². The van der Waals surface area contributed by atoms with Crippen molar-refractivity contribution in [1.82, 2.24) is 5.32 Å². The summed E-state index contributed by atoms with van der Waals surface area (Å²) in [5.41, 5.74) is 2.19. The SMILES string of the molecule is O=C(NCCc1ccccc1)OCc1ccccc1.OBO. The van der Waals surface area contributed by atoms with E-state index in [9.17, 15) is 4.79 Å². The Morgan fingerprint density at radius 2 is 1.45 bits per heavy atom. The van der Waals surface area contributed by atoms with Gasteiger partial charge in [-0.15, -0.1) is 0 Å². The van der Waals surface area contributed by atoms with Crippen LogP contribution in [0.5, 0.6) is 0 Å². The Morgan fingerprint density at radius 1 is 0.955 bits per heavy atom. The second kappa shape index (κ2) is 11.4. The highest BCUT2D eigenvalue weighted by molar-refractivity contribution is 6.13. The molecule has 0 aliphatic carbocycles. The molecule has 0 bridgehead atoms. The first-order valence-electron chi connectivity index (χ1n) is 6.96. The van der Waals surface area contributed by atoms with Crippen LogP contribution < -0.4 is 5.32 Å². The van der Waals surface area contributed by atoms with Crippen LogP contribution in [0.2, 0.25) is 0 Å². The number of ether oxygens (including phenoxy) is 1. The summed E-state index contributed by atoms with van der Waals surface area (Å²) in [6.07, 6.45) is 0.432. The molecule has 0 unspecified atom stereocenters. The lowest BCUT2D eigenvalue weighted by atomic mass is 10.1. The molecule has 116 valence electrons. The Labute approximate surface area is 130 Å². The summed E-state index contributed by atoms with van der Waals surface area (Å²) >= 11 is 0. The van der Waals surface area contributed by atoms with E-state index in [0.29, 0.717) is 13.2 Å². The molecule has 0 aliphatic rings. The van der Waals surface area contributed by atoms with Gasteiger partial charge < -0.3 is 20.1 Å². The van der Waals surface area contributed by atoms with E-state index >= 15 is 0 Å². The summed E-state index contributed by atoms with van der Waals surface area (Å²) in [6.45, 7) is 0.885. The van der Waals surface area contributed by atoms with Crippen molar-refractivity contribution in [2.75, 3.05) is 6.54 Å². The van der Waals surface area contributed by atoms with Gasteiger partial charge in [-0.05, 0) is 17.5 Å². The summed E-state index contributed by atoms with van der Waals surface area (Å²) in [5, 5.41) is 17.0. The second-order valence-corrected chi connectivity index (χ2v) is 4.37. The highest BCUT2D eigenvalue weighted by Crippen LogP contribution is 2.01. The van der Waals surface area contributed by atoms with E-state index in [1.54, 1.807) is 0 Å². The van der Waals surface area contributed by atoms with Crippen LogP contribution in [0.15, 0.2) is 60.7 Å². The molecule has 3 N–H and O–H groups in total. The summed E-state index contributed by atoms with van der Waals surface area (Å²) in [7, 11) is -0.750. The highest BCUT2D eigenvalue weighted by Gasteiger charge is 2.01. The quantitative estimate of drug-likeness (QED) is 0.729. The average Bonchev–Trinajstić information content (AvgIpc) is 2.56. The Morgan fingerprint density at radius 3 is 2.00 bits per heavy atom. The first-order valence-corrected chi connectivity index (χ1v) is 6.96. The van der Waals surface area contributed by atoms with Gasteiger partial charge in [0.2, 0.25) is 0 Å². The number of amides is 1. The molecule has 22 heavy (non-hydrogen) atoms. The van der Waals surface area contributed by atoms with Crippen molar-refractivity contribution in [3.8, 4) is 0 Å². The number of nitrogens with one attached hydrogen (secondary N) is 1. The van der Waals surface area contributed by atoms with Gasteiger partial charge in [-0.2, -0.15) is 0 Å². The first-order chi connectivity index (χ1) is 10.8. The molecule has 0 fully saturated rings. The zero-order chi connectivity index (χ0) is 16.0. The van der Waals surface area contributed by atoms with E-state index in [0.717, 1.165) is 12.0 Å². The van der Waals surface area contributed by atoms with Gasteiger partial charge in [-0.3, -0.25) is 0 Å². The Kier molecular flexibility index (Phi) is 9.17. The minimum absolute atomic E-state index is 0.304. The molecular formula is C16H20BNO4. The van der Waals surface area contributed by atoms with E-state index in [1.807, 2.05) is 60.7 Å². The maximum atomic E-state index is 11.5. The summed E-state index contributed by atoms with van der Waals surface area (Å²) < 4.78 is 5.12. The van der Waals surface area contributed by atoms with Crippen molar-refractivity contribution in [3.05, 3.63) is 71.8 Å². The fourth-order valence-corrected chi connectivity index (χ4v) is 1.73. The molecule has 0 heterocycles. The molecular weight excluding hydrogens is 281 g/mol. The van der Waals surface area contributed by atoms with Crippen LogP contribution in [0.25, 0.3) is 0 Å². The van der Waals surface area contributed by atoms with Gasteiger partial charge in [-0.1, -0.05) is 60.7 Å². The molecule has 2 aromatic carbocycles. The number of benzene rings is 2. The van der Waals surface area contributed by atoms with Crippen LogP contribution in [0.3, 0.4) is 0 Å². The second-order valence-electron chi connectivity index (χ2n) is 4.37. The van der Waals surface area contributed by atoms with Crippen molar-refractivity contribution in [3.63, 3.8) is 0 Å². The molecule has 2 aromatic rings. The highest BCUT2D eigenvalue weighted by atomic mass is 16.5. The van der Waals surface area contributed by atoms with Crippen molar-refractivity contribution < 1.29 is 19.6 Å². The topological polar surface area (TPSA) is 78.8 Å². The Bertz CT molecular complexity index is 522. The summed E-state index contributed by atoms with van der Waals surface area (Å²) in [4.78, 5) is 11.5. The molecule has 0 aliphatic heterocycles. The van der Waals surface area contributed by atoms with Crippen LogP contribution in [-0.2, 0) is 17.8 Å². The third-order valence-electron chi connectivity index (χ3n) is 2.74. The number of alkyl carbamates (subject to hydrolysis) is 1. The van der Waals surface area contributed by atoms with Crippen molar-refractivity contribution in [2.45, 2.75) is 13.0 Å². The van der Waals surface area contributed by atoms with Gasteiger partial charge >= 0.3 is 13.8 Å². The Balaban J connectivity index is 0.000000745. The molecule has 2 rings (SSSR count). The van der Waals surface area contributed by atoms with Gasteiger partial charge in [0.15, 0.2) is 0 Å². The molecule has 0 spiro atoms. The normalized spacial score (nSPS) is 9.18. The summed E-state index contributed by atoms with van der Waals surface area (Å²) in [6, 6.07) is 19.7. The third-order valence-corrected chi connectivity index (χ3v) is 2.74. The minimum atomic E-state index is -0.750. The van der Waals surface area contributed by atoms with Crippen LogP contribution in [0.4, 0.5) is 4.79 Å². The van der Waals surface area contributed by atoms with E-state index in [4.69, 9.17) is 14.8 Å². The van der Waals surface area contributed by atoms with E-state index in [1.165, 1.54) is 5.56 Å². The van der Waals surface area contributed by atoms with E-state index < -0.39 is 7.69 Å². The molecule has 0 atom stereocenters. The molecule has 0 radical (unpaired) electrons. The zero-order valence-corrected chi connectivity index (χ0v) is 12.3. The maximum Gasteiger partial charge on any atom is 0.432 e. The lowest BCUT2D eigenvalue weighted by Gasteiger charge is -2.07. The maximum absolute atomic E-state index is 11.5. The molecule has 6 heteroatoms. The third kappa shape index (κ3) is 8.09. The van der Waals surface area contributed by atoms with Crippen molar-refractivity contribution in [2.24, 2.45) is 0 Å². The van der Waals surface area contributed by atoms with Crippen LogP contribution in [-0.4, -0.2) is 30.4 Å². The lowest BCUT2D eigenvalue weighted by Crippen LogP contribution is -2.26. The van der Waals surface area contributed by atoms with Crippen LogP contribution in [0.1, 0.15) is 11.1 Å². The fraction of sp³-hybridized carbons (Fsp3) is 0.188. The molecule has 5 nitrogen and oxygen atoms in total. The van der Waals surface area contributed by atoms with Gasteiger partial charge in [0.1, 0.15) is 6.61 Å². The van der Waals surface area contributed by atoms with Crippen molar-refractivity contribution >= 4 is 13.8 Å². The number of hydrogen-bond acceptors (Lipinski definition) is 4. The number of rotatable bonds is 5. The van der Waals surface area contributed by atoms with Crippen LogP contribution >= 0.6 is 0 Å². The smallest absolute Gasteiger partial charge is 0.432 e. The number of carbonyl (C=O) groups is 1. The predicted molar refractivity (Wildman–Crippen MR) is 86.4 cm³/mol. The van der Waals surface area contributed by atoms with Crippen molar-refractivity contribution in [1.29, 1.82) is 0 Å². The van der Waals surface area contributed by atoms with Gasteiger partial charge in [0, 0.05) is 6.54 Å². The minimum Gasteiger partial charge on any atom is -0.445 e. The zero-order valence-electron chi connectivity index (χ0n) is 12.3. The molecule has 0 saturated heterocycles. The molecule has 0 saturated carbocycles. The number of hydrogen-bond donors (Lipinski definition) is 3. The Hall–Kier alpha value is -2.31. The standard InChI is InChI=1S/C16H17NO2.BH3O2/c18-16(19-13-15-9-5-2-6-10-15)17-12-11-14-7-3-1-4-8-14;2-1-3/h1-10H,11-13H2,(H,17,18);1-3H.